The molecule has 0 bridgehead atoms. The molecule has 0 unspecified atom stereocenters. The fourth-order valence-corrected chi connectivity index (χ4v) is 5.90. The van der Waals surface area contributed by atoms with Crippen LogP contribution in [-0.4, -0.2) is 20.5 Å². The third kappa shape index (κ3) is 3.76. The Hall–Kier alpha value is -2.55. The summed E-state index contributed by atoms with van der Waals surface area (Å²) < 4.78 is 9.54. The molecule has 0 amide bonds. The summed E-state index contributed by atoms with van der Waals surface area (Å²) in [5.41, 5.74) is 2.66. The molecule has 0 aliphatic rings. The summed E-state index contributed by atoms with van der Waals surface area (Å²) in [6.45, 7) is 3.00. The normalized spacial score (nSPS) is 11.3. The molecule has 5 rings (SSSR count). The summed E-state index contributed by atoms with van der Waals surface area (Å²) in [7, 11) is 0. The molecule has 0 aliphatic heterocycles. The number of halogens is 2. The van der Waals surface area contributed by atoms with Crippen molar-refractivity contribution in [1.82, 2.24) is 14.5 Å². The van der Waals surface area contributed by atoms with E-state index in [0.717, 1.165) is 44.6 Å². The van der Waals surface area contributed by atoms with E-state index < -0.39 is 5.97 Å². The lowest BCUT2D eigenvalue weighted by atomic mass is 10.2. The minimum absolute atomic E-state index is 0.405. The molecule has 0 fully saturated rings. The number of pyridine rings is 1. The lowest BCUT2D eigenvalue weighted by Crippen LogP contribution is -2.07. The highest BCUT2D eigenvalue weighted by Gasteiger charge is 2.20. The molecule has 0 aliphatic carbocycles. The van der Waals surface area contributed by atoms with E-state index in [4.69, 9.17) is 9.72 Å². The van der Waals surface area contributed by atoms with Crippen LogP contribution in [0.3, 0.4) is 0 Å². The zero-order valence-electron chi connectivity index (χ0n) is 17.0. The van der Waals surface area contributed by atoms with Crippen molar-refractivity contribution < 1.29 is 9.53 Å². The molecular weight excluding hydrogens is 554 g/mol. The number of carbonyl (C=O) groups is 1. The van der Waals surface area contributed by atoms with E-state index in [1.165, 1.54) is 11.3 Å². The first kappa shape index (κ1) is 21.3. The van der Waals surface area contributed by atoms with Crippen LogP contribution in [0, 0.1) is 0 Å². The highest BCUT2D eigenvalue weighted by atomic mass is 79.9. The number of rotatable bonds is 5. The van der Waals surface area contributed by atoms with Crippen LogP contribution in [0.15, 0.2) is 69.7 Å². The number of para-hydroxylation sites is 2. The average molecular weight is 571 g/mol. The van der Waals surface area contributed by atoms with Gasteiger partial charge in [-0.2, -0.15) is 0 Å². The van der Waals surface area contributed by atoms with Crippen molar-refractivity contribution in [3.63, 3.8) is 0 Å². The van der Waals surface area contributed by atoms with Gasteiger partial charge in [0, 0.05) is 22.6 Å². The predicted molar refractivity (Wildman–Crippen MR) is 135 cm³/mol. The van der Waals surface area contributed by atoms with Crippen LogP contribution >= 0.6 is 43.2 Å². The molecule has 0 saturated carbocycles. The highest BCUT2D eigenvalue weighted by Crippen LogP contribution is 2.38. The SMILES string of the molecule is CCCn1c(-c2ccc(C(=O)Oc3c(Br)cc(Br)c4cccnc34)s2)nc2ccccc21. The van der Waals surface area contributed by atoms with Crippen molar-refractivity contribution in [1.29, 1.82) is 0 Å². The van der Waals surface area contributed by atoms with Gasteiger partial charge in [0.05, 0.1) is 20.4 Å². The molecule has 3 heterocycles. The molecule has 3 aromatic heterocycles. The van der Waals surface area contributed by atoms with Crippen molar-refractivity contribution >= 4 is 71.1 Å². The second-order valence-corrected chi connectivity index (χ2v) is 9.99. The lowest BCUT2D eigenvalue weighted by Gasteiger charge is -2.10. The van der Waals surface area contributed by atoms with Crippen molar-refractivity contribution in [3.05, 3.63) is 74.6 Å². The smallest absolute Gasteiger partial charge is 0.353 e. The maximum Gasteiger partial charge on any atom is 0.353 e. The fraction of sp³-hybridized carbons (Fsp3) is 0.125. The van der Waals surface area contributed by atoms with Crippen molar-refractivity contribution in [2.75, 3.05) is 0 Å². The van der Waals surface area contributed by atoms with E-state index in [1.807, 2.05) is 42.5 Å². The molecule has 8 heteroatoms. The van der Waals surface area contributed by atoms with E-state index in [9.17, 15) is 4.79 Å². The summed E-state index contributed by atoms with van der Waals surface area (Å²) in [6.07, 6.45) is 2.67. The number of esters is 1. The van der Waals surface area contributed by atoms with E-state index in [-0.39, 0.29) is 0 Å². The molecule has 5 aromatic rings. The maximum atomic E-state index is 13.0. The van der Waals surface area contributed by atoms with Gasteiger partial charge in [-0.1, -0.05) is 41.1 Å². The third-order valence-electron chi connectivity index (χ3n) is 5.07. The average Bonchev–Trinajstić information content (AvgIpc) is 3.42. The lowest BCUT2D eigenvalue weighted by molar-refractivity contribution is 0.0740. The Morgan fingerprint density at radius 2 is 1.94 bits per heavy atom. The second-order valence-electron chi connectivity index (χ2n) is 7.20. The number of imidazole rings is 1. The van der Waals surface area contributed by atoms with Gasteiger partial charge in [0.15, 0.2) is 11.6 Å². The van der Waals surface area contributed by atoms with E-state index in [0.29, 0.717) is 20.6 Å². The molecule has 0 saturated heterocycles. The number of thiophene rings is 1. The number of fused-ring (bicyclic) bond motifs is 2. The first-order valence-electron chi connectivity index (χ1n) is 10.1. The molecule has 5 nitrogen and oxygen atoms in total. The number of benzene rings is 2. The number of nitrogens with zero attached hydrogens (tertiary/aromatic N) is 3. The van der Waals surface area contributed by atoms with Gasteiger partial charge in [-0.15, -0.1) is 11.3 Å². The Kier molecular flexibility index (Phi) is 5.84. The molecule has 32 heavy (non-hydrogen) atoms. The molecule has 0 radical (unpaired) electrons. The van der Waals surface area contributed by atoms with Gasteiger partial charge in [0.2, 0.25) is 0 Å². The van der Waals surface area contributed by atoms with Gasteiger partial charge in [0.25, 0.3) is 0 Å². The van der Waals surface area contributed by atoms with Crippen molar-refractivity contribution in [2.24, 2.45) is 0 Å². The van der Waals surface area contributed by atoms with Crippen LogP contribution < -0.4 is 4.74 Å². The number of ether oxygens (including phenoxy) is 1. The minimum atomic E-state index is -0.422. The van der Waals surface area contributed by atoms with E-state index >= 15 is 0 Å². The Bertz CT molecular complexity index is 1480. The highest BCUT2D eigenvalue weighted by molar-refractivity contribution is 9.11. The van der Waals surface area contributed by atoms with Gasteiger partial charge in [-0.3, -0.25) is 4.98 Å². The van der Waals surface area contributed by atoms with E-state index in [1.54, 1.807) is 12.3 Å². The quantitative estimate of drug-likeness (QED) is 0.162. The molecule has 0 spiro atoms. The Morgan fingerprint density at radius 1 is 1.09 bits per heavy atom. The molecular formula is C24H17Br2N3O2S. The number of aryl methyl sites for hydroxylation is 1. The Balaban J connectivity index is 1.50. The summed E-state index contributed by atoms with van der Waals surface area (Å²) >= 11 is 8.42. The van der Waals surface area contributed by atoms with Crippen molar-refractivity contribution in [2.45, 2.75) is 19.9 Å². The maximum absolute atomic E-state index is 13.0. The van der Waals surface area contributed by atoms with Crippen LogP contribution in [0.25, 0.3) is 32.6 Å². The van der Waals surface area contributed by atoms with Gasteiger partial charge < -0.3 is 9.30 Å². The Morgan fingerprint density at radius 3 is 2.78 bits per heavy atom. The zero-order chi connectivity index (χ0) is 22.2. The van der Waals surface area contributed by atoms with Crippen LogP contribution in [0.4, 0.5) is 0 Å². The largest absolute Gasteiger partial charge is 0.419 e. The first-order valence-corrected chi connectivity index (χ1v) is 12.5. The number of carbonyl (C=O) groups excluding carboxylic acids is 1. The molecule has 0 atom stereocenters. The van der Waals surface area contributed by atoms with E-state index in [2.05, 4.69) is 54.4 Å². The summed E-state index contributed by atoms with van der Waals surface area (Å²) in [5.74, 6) is 0.852. The third-order valence-corrected chi connectivity index (χ3v) is 7.38. The minimum Gasteiger partial charge on any atom is -0.419 e. The van der Waals surface area contributed by atoms with Crippen molar-refractivity contribution in [3.8, 4) is 16.5 Å². The van der Waals surface area contributed by atoms with Crippen LogP contribution in [0.5, 0.6) is 5.75 Å². The second kappa shape index (κ2) is 8.77. The van der Waals surface area contributed by atoms with Crippen LogP contribution in [0.2, 0.25) is 0 Å². The van der Waals surface area contributed by atoms with Gasteiger partial charge in [-0.05, 0) is 58.7 Å². The van der Waals surface area contributed by atoms with Gasteiger partial charge >= 0.3 is 5.97 Å². The molecule has 0 N–H and O–H groups in total. The standard InChI is InChI=1S/C24H17Br2N3O2S/c1-2-12-29-18-8-4-3-7-17(18)28-23(29)19-9-10-20(32-19)24(30)31-22-16(26)13-15(25)14-6-5-11-27-21(14)22/h3-11,13H,2,12H2,1H3. The van der Waals surface area contributed by atoms with Gasteiger partial charge in [0.1, 0.15) is 10.4 Å². The first-order chi connectivity index (χ1) is 15.6. The predicted octanol–water partition coefficient (Wildman–Crippen LogP) is 7.47. The number of hydrogen-bond acceptors (Lipinski definition) is 5. The van der Waals surface area contributed by atoms with Crippen LogP contribution in [-0.2, 0) is 6.54 Å². The van der Waals surface area contributed by atoms with Crippen LogP contribution in [0.1, 0.15) is 23.0 Å². The molecule has 2 aromatic carbocycles. The molecule has 160 valence electrons. The summed E-state index contributed by atoms with van der Waals surface area (Å²) in [6, 6.07) is 17.5. The topological polar surface area (TPSA) is 57.0 Å². The summed E-state index contributed by atoms with van der Waals surface area (Å²) in [5, 5.41) is 0.874. The number of aromatic nitrogens is 3. The Labute approximate surface area is 205 Å². The fourth-order valence-electron chi connectivity index (χ4n) is 3.67. The summed E-state index contributed by atoms with van der Waals surface area (Å²) in [4.78, 5) is 23.7. The zero-order valence-corrected chi connectivity index (χ0v) is 21.0. The van der Waals surface area contributed by atoms with Gasteiger partial charge in [-0.25, -0.2) is 9.78 Å². The number of hydrogen-bond donors (Lipinski definition) is 0. The monoisotopic (exact) mass is 569 g/mol.